The maximum absolute atomic E-state index is 13.5. The van der Waals surface area contributed by atoms with Gasteiger partial charge in [-0.25, -0.2) is 18.7 Å². The highest BCUT2D eigenvalue weighted by Gasteiger charge is 2.43. The first-order valence-corrected chi connectivity index (χ1v) is 12.5. The minimum Gasteiger partial charge on any atom is -0.497 e. The fourth-order valence-corrected chi connectivity index (χ4v) is 4.39. The quantitative estimate of drug-likeness (QED) is 0.415. The Morgan fingerprint density at radius 2 is 1.68 bits per heavy atom. The Balaban J connectivity index is 1.43. The van der Waals surface area contributed by atoms with Gasteiger partial charge in [0.05, 0.1) is 18.2 Å². The minimum atomic E-state index is -2.75. The number of hydrogen-bond donors (Lipinski definition) is 2. The van der Waals surface area contributed by atoms with E-state index in [0.29, 0.717) is 24.6 Å². The van der Waals surface area contributed by atoms with Crippen molar-refractivity contribution in [2.75, 3.05) is 20.2 Å². The minimum absolute atomic E-state index is 0.00950. The molecule has 1 aliphatic heterocycles. The molecule has 0 aliphatic carbocycles. The van der Waals surface area contributed by atoms with Gasteiger partial charge in [-0.3, -0.25) is 14.4 Å². The number of benzene rings is 2. The van der Waals surface area contributed by atoms with Crippen molar-refractivity contribution in [2.24, 2.45) is 0 Å². The Hall–Kier alpha value is -4.61. The van der Waals surface area contributed by atoms with Crippen LogP contribution in [0.1, 0.15) is 47.7 Å². The van der Waals surface area contributed by atoms with Gasteiger partial charge >= 0.3 is 0 Å². The lowest BCUT2D eigenvalue weighted by atomic mass is 9.85. The van der Waals surface area contributed by atoms with Gasteiger partial charge in [-0.05, 0) is 48.7 Å². The van der Waals surface area contributed by atoms with Crippen molar-refractivity contribution in [3.05, 3.63) is 77.9 Å². The molecule has 0 atom stereocenters. The smallest absolute Gasteiger partial charge is 0.267 e. The van der Waals surface area contributed by atoms with Gasteiger partial charge in [-0.15, -0.1) is 0 Å². The molecule has 3 aromatic rings. The van der Waals surface area contributed by atoms with Gasteiger partial charge in [0.2, 0.25) is 11.8 Å². The van der Waals surface area contributed by atoms with Gasteiger partial charge < -0.3 is 25.0 Å². The molecule has 2 heterocycles. The SMILES string of the molecule is COc1ccc(Oc2ccc(CNC(=O)C3(NC(=O)c4cncnc4)CCN(C(C)=O)CC3)cc2)c(C(F)F)c1. The summed E-state index contributed by atoms with van der Waals surface area (Å²) >= 11 is 0. The molecule has 2 aromatic carbocycles. The first kappa shape index (κ1) is 28.4. The highest BCUT2D eigenvalue weighted by atomic mass is 19.3. The van der Waals surface area contributed by atoms with Crippen LogP contribution in [-0.4, -0.2) is 58.3 Å². The van der Waals surface area contributed by atoms with Crippen LogP contribution < -0.4 is 20.1 Å². The summed E-state index contributed by atoms with van der Waals surface area (Å²) < 4.78 is 37.6. The summed E-state index contributed by atoms with van der Waals surface area (Å²) in [6.45, 7) is 2.23. The second-order valence-corrected chi connectivity index (χ2v) is 9.30. The number of piperidine rings is 1. The molecule has 40 heavy (non-hydrogen) atoms. The first-order valence-electron chi connectivity index (χ1n) is 12.5. The number of nitrogens with one attached hydrogen (secondary N) is 2. The van der Waals surface area contributed by atoms with Gasteiger partial charge in [0, 0.05) is 39.0 Å². The van der Waals surface area contributed by atoms with Crippen molar-refractivity contribution in [2.45, 2.75) is 38.3 Å². The molecule has 1 fully saturated rings. The monoisotopic (exact) mass is 553 g/mol. The molecule has 0 saturated carbocycles. The number of nitrogens with zero attached hydrogens (tertiary/aromatic N) is 3. The largest absolute Gasteiger partial charge is 0.497 e. The van der Waals surface area contributed by atoms with Gasteiger partial charge in [-0.2, -0.15) is 0 Å². The van der Waals surface area contributed by atoms with E-state index < -0.39 is 17.9 Å². The molecule has 3 amide bonds. The number of aromatic nitrogens is 2. The molecule has 0 bridgehead atoms. The molecule has 1 saturated heterocycles. The lowest BCUT2D eigenvalue weighted by Gasteiger charge is -2.40. The third-order valence-corrected chi connectivity index (χ3v) is 6.73. The van der Waals surface area contributed by atoms with E-state index in [2.05, 4.69) is 20.6 Å². The molecule has 0 radical (unpaired) electrons. The maximum Gasteiger partial charge on any atom is 0.267 e. The van der Waals surface area contributed by atoms with Crippen molar-refractivity contribution in [3.63, 3.8) is 0 Å². The summed E-state index contributed by atoms with van der Waals surface area (Å²) in [5.41, 5.74) is -0.585. The van der Waals surface area contributed by atoms with Crippen LogP contribution in [0.2, 0.25) is 0 Å². The summed E-state index contributed by atoms with van der Waals surface area (Å²) in [5, 5.41) is 5.72. The molecule has 10 nitrogen and oxygen atoms in total. The van der Waals surface area contributed by atoms with Crippen LogP contribution >= 0.6 is 0 Å². The number of hydrogen-bond acceptors (Lipinski definition) is 7. The molecule has 1 aliphatic rings. The zero-order chi connectivity index (χ0) is 28.7. The Kier molecular flexibility index (Phi) is 8.87. The van der Waals surface area contributed by atoms with Crippen molar-refractivity contribution in [3.8, 4) is 17.2 Å². The third-order valence-electron chi connectivity index (χ3n) is 6.73. The van der Waals surface area contributed by atoms with Gasteiger partial charge in [0.15, 0.2) is 0 Å². The van der Waals surface area contributed by atoms with Crippen molar-refractivity contribution < 1.29 is 32.6 Å². The number of ether oxygens (including phenoxy) is 2. The Morgan fingerprint density at radius 3 is 2.27 bits per heavy atom. The highest BCUT2D eigenvalue weighted by molar-refractivity contribution is 5.99. The number of alkyl halides is 2. The van der Waals surface area contributed by atoms with Gasteiger partial charge in [-0.1, -0.05) is 12.1 Å². The van der Waals surface area contributed by atoms with E-state index in [0.717, 1.165) is 5.56 Å². The van der Waals surface area contributed by atoms with Crippen LogP contribution in [0.4, 0.5) is 8.78 Å². The summed E-state index contributed by atoms with van der Waals surface area (Å²) in [6.07, 6.45) is 1.74. The van der Waals surface area contributed by atoms with E-state index in [1.807, 2.05) is 0 Å². The average molecular weight is 554 g/mol. The van der Waals surface area contributed by atoms with E-state index in [4.69, 9.17) is 9.47 Å². The normalized spacial score (nSPS) is 14.4. The standard InChI is InChI=1S/C28H29F2N5O5/c1-18(36)35-11-9-28(10-12-35,34-26(37)20-15-31-17-32-16-20)27(38)33-14-19-3-5-21(6-4-19)40-24-8-7-22(39-2)13-23(24)25(29)30/h3-8,13,15-17,25H,9-12,14H2,1-2H3,(H,33,38)(H,34,37). The summed E-state index contributed by atoms with van der Waals surface area (Å²) in [4.78, 5) is 47.5. The van der Waals surface area contributed by atoms with E-state index in [1.165, 1.54) is 51.0 Å². The average Bonchev–Trinajstić information content (AvgIpc) is 2.97. The molecular weight excluding hydrogens is 524 g/mol. The van der Waals surface area contributed by atoms with Gasteiger partial charge in [0.1, 0.15) is 29.1 Å². The van der Waals surface area contributed by atoms with Crippen LogP contribution in [0.5, 0.6) is 17.2 Å². The second kappa shape index (κ2) is 12.5. The van der Waals surface area contributed by atoms with Crippen LogP contribution in [0.15, 0.2) is 61.2 Å². The van der Waals surface area contributed by atoms with Crippen LogP contribution in [0.3, 0.4) is 0 Å². The summed E-state index contributed by atoms with van der Waals surface area (Å²) in [5.74, 6) is -0.333. The number of rotatable bonds is 9. The predicted molar refractivity (Wildman–Crippen MR) is 140 cm³/mol. The number of likely N-dealkylation sites (tertiary alicyclic amines) is 1. The summed E-state index contributed by atoms with van der Waals surface area (Å²) in [7, 11) is 1.39. The van der Waals surface area contributed by atoms with Crippen molar-refractivity contribution >= 4 is 17.7 Å². The van der Waals surface area contributed by atoms with Crippen LogP contribution in [0.25, 0.3) is 0 Å². The molecule has 2 N–H and O–H groups in total. The lowest BCUT2D eigenvalue weighted by Crippen LogP contribution is -2.63. The van der Waals surface area contributed by atoms with E-state index in [1.54, 1.807) is 29.2 Å². The second-order valence-electron chi connectivity index (χ2n) is 9.30. The number of amides is 3. The van der Waals surface area contributed by atoms with E-state index in [-0.39, 0.29) is 48.1 Å². The Labute approximate surface area is 229 Å². The molecule has 1 aromatic heterocycles. The number of halogens is 2. The lowest BCUT2D eigenvalue weighted by molar-refractivity contribution is -0.135. The Morgan fingerprint density at radius 1 is 1.02 bits per heavy atom. The number of methoxy groups -OCH3 is 1. The van der Waals surface area contributed by atoms with Crippen LogP contribution in [-0.2, 0) is 16.1 Å². The van der Waals surface area contributed by atoms with Gasteiger partial charge in [0.25, 0.3) is 12.3 Å². The molecule has 12 heteroatoms. The molecule has 0 unspecified atom stereocenters. The molecule has 4 rings (SSSR count). The number of carbonyl (C=O) groups is 3. The maximum atomic E-state index is 13.5. The van der Waals surface area contributed by atoms with Crippen molar-refractivity contribution in [1.29, 1.82) is 0 Å². The van der Waals surface area contributed by atoms with Crippen molar-refractivity contribution in [1.82, 2.24) is 25.5 Å². The van der Waals surface area contributed by atoms with Crippen LogP contribution in [0, 0.1) is 0 Å². The zero-order valence-corrected chi connectivity index (χ0v) is 22.0. The predicted octanol–water partition coefficient (Wildman–Crippen LogP) is 3.64. The van der Waals surface area contributed by atoms with E-state index in [9.17, 15) is 23.2 Å². The molecule has 210 valence electrons. The number of carbonyl (C=O) groups excluding carboxylic acids is 3. The highest BCUT2D eigenvalue weighted by Crippen LogP contribution is 2.35. The fourth-order valence-electron chi connectivity index (χ4n) is 4.39. The third kappa shape index (κ3) is 6.68. The molecular formula is C28H29F2N5O5. The zero-order valence-electron chi connectivity index (χ0n) is 22.0. The van der Waals surface area contributed by atoms with E-state index >= 15 is 0 Å². The fraction of sp³-hybridized carbons (Fsp3) is 0.321. The summed E-state index contributed by atoms with van der Waals surface area (Å²) in [6, 6.07) is 10.8. The Bertz CT molecular complexity index is 1350. The topological polar surface area (TPSA) is 123 Å². The first-order chi connectivity index (χ1) is 19.2. The molecule has 0 spiro atoms.